The second-order valence-corrected chi connectivity index (χ2v) is 5.97. The summed E-state index contributed by atoms with van der Waals surface area (Å²) in [6, 6.07) is 1.12. The first kappa shape index (κ1) is 12.4. The fourth-order valence-electron chi connectivity index (χ4n) is 3.47. The van der Waals surface area contributed by atoms with E-state index in [1.54, 1.807) is 0 Å². The predicted molar refractivity (Wildman–Crippen MR) is 69.4 cm³/mol. The summed E-state index contributed by atoms with van der Waals surface area (Å²) >= 11 is 0. The highest BCUT2D eigenvalue weighted by atomic mass is 15.2. The Morgan fingerprint density at radius 1 is 0.938 bits per heavy atom. The summed E-state index contributed by atoms with van der Waals surface area (Å²) in [6.07, 6.45) is 10.9. The average Bonchev–Trinajstić information content (AvgIpc) is 2.24. The van der Waals surface area contributed by atoms with Gasteiger partial charge in [0.2, 0.25) is 0 Å². The third-order valence-electron chi connectivity index (χ3n) is 4.44. The van der Waals surface area contributed by atoms with Crippen molar-refractivity contribution in [2.75, 3.05) is 13.1 Å². The first-order valence-corrected chi connectivity index (χ1v) is 7.27. The lowest BCUT2D eigenvalue weighted by atomic mass is 9.89. The van der Waals surface area contributed by atoms with Crippen molar-refractivity contribution < 1.29 is 0 Å². The standard InChI is InChI=1S/C14H28N2/c1-12-7-6-10-16(11-12)14-9-5-3-2-4-8-13(14)15/h12-14H,2-11,15H2,1H3. The lowest BCUT2D eigenvalue weighted by Gasteiger charge is -2.41. The molecule has 3 unspecified atom stereocenters. The van der Waals surface area contributed by atoms with Crippen molar-refractivity contribution in [1.82, 2.24) is 4.90 Å². The largest absolute Gasteiger partial charge is 0.326 e. The van der Waals surface area contributed by atoms with Crippen molar-refractivity contribution in [1.29, 1.82) is 0 Å². The van der Waals surface area contributed by atoms with Gasteiger partial charge in [-0.3, -0.25) is 4.90 Å². The summed E-state index contributed by atoms with van der Waals surface area (Å²) in [5, 5.41) is 0. The molecule has 2 nitrogen and oxygen atoms in total. The van der Waals surface area contributed by atoms with Gasteiger partial charge in [-0.25, -0.2) is 0 Å². The third kappa shape index (κ3) is 3.21. The van der Waals surface area contributed by atoms with Gasteiger partial charge < -0.3 is 5.73 Å². The van der Waals surface area contributed by atoms with Crippen molar-refractivity contribution in [3.63, 3.8) is 0 Å². The molecule has 1 aliphatic heterocycles. The molecule has 0 aromatic heterocycles. The second-order valence-electron chi connectivity index (χ2n) is 5.97. The fourth-order valence-corrected chi connectivity index (χ4v) is 3.47. The highest BCUT2D eigenvalue weighted by molar-refractivity contribution is 4.86. The highest BCUT2D eigenvalue weighted by Crippen LogP contribution is 2.25. The molecule has 2 heteroatoms. The Morgan fingerprint density at radius 3 is 2.44 bits per heavy atom. The van der Waals surface area contributed by atoms with Crippen LogP contribution >= 0.6 is 0 Å². The van der Waals surface area contributed by atoms with Crippen molar-refractivity contribution in [3.05, 3.63) is 0 Å². The molecule has 1 aliphatic carbocycles. The van der Waals surface area contributed by atoms with Crippen LogP contribution in [0.5, 0.6) is 0 Å². The van der Waals surface area contributed by atoms with Crippen LogP contribution in [0.3, 0.4) is 0 Å². The Bertz CT molecular complexity index is 205. The van der Waals surface area contributed by atoms with E-state index >= 15 is 0 Å². The summed E-state index contributed by atoms with van der Waals surface area (Å²) in [5.41, 5.74) is 6.38. The van der Waals surface area contributed by atoms with Crippen molar-refractivity contribution in [3.8, 4) is 0 Å². The Kier molecular flexibility index (Phi) is 4.66. The molecule has 2 rings (SSSR count). The van der Waals surface area contributed by atoms with Gasteiger partial charge in [0.05, 0.1) is 0 Å². The third-order valence-corrected chi connectivity index (χ3v) is 4.44. The van der Waals surface area contributed by atoms with Crippen LogP contribution < -0.4 is 5.73 Å². The molecule has 2 N–H and O–H groups in total. The monoisotopic (exact) mass is 224 g/mol. The van der Waals surface area contributed by atoms with E-state index in [1.807, 2.05) is 0 Å². The molecule has 0 aromatic rings. The first-order chi connectivity index (χ1) is 7.77. The molecule has 0 amide bonds. The van der Waals surface area contributed by atoms with Crippen LogP contribution in [0.4, 0.5) is 0 Å². The topological polar surface area (TPSA) is 29.3 Å². The average molecular weight is 224 g/mol. The molecule has 2 fully saturated rings. The van der Waals surface area contributed by atoms with Gasteiger partial charge in [0, 0.05) is 18.6 Å². The molecule has 1 saturated heterocycles. The zero-order chi connectivity index (χ0) is 11.4. The van der Waals surface area contributed by atoms with E-state index in [9.17, 15) is 0 Å². The number of hydrogen-bond donors (Lipinski definition) is 1. The Labute approximate surface area is 101 Å². The van der Waals surface area contributed by atoms with Crippen LogP contribution in [0.15, 0.2) is 0 Å². The van der Waals surface area contributed by atoms with Gasteiger partial charge in [0.15, 0.2) is 0 Å². The fraction of sp³-hybridized carbons (Fsp3) is 1.00. The molecular weight excluding hydrogens is 196 g/mol. The van der Waals surface area contributed by atoms with Gasteiger partial charge in [-0.05, 0) is 38.1 Å². The predicted octanol–water partition coefficient (Wildman–Crippen LogP) is 2.77. The van der Waals surface area contributed by atoms with Crippen molar-refractivity contribution >= 4 is 0 Å². The summed E-state index contributed by atoms with van der Waals surface area (Å²) in [4.78, 5) is 2.70. The quantitative estimate of drug-likeness (QED) is 0.742. The van der Waals surface area contributed by atoms with Gasteiger partial charge in [0.25, 0.3) is 0 Å². The number of likely N-dealkylation sites (tertiary alicyclic amines) is 1. The number of piperidine rings is 1. The Morgan fingerprint density at radius 2 is 1.69 bits per heavy atom. The van der Waals surface area contributed by atoms with Gasteiger partial charge in [-0.2, -0.15) is 0 Å². The molecule has 1 heterocycles. The zero-order valence-corrected chi connectivity index (χ0v) is 10.8. The van der Waals surface area contributed by atoms with Gasteiger partial charge in [-0.1, -0.05) is 32.6 Å². The van der Waals surface area contributed by atoms with Crippen molar-refractivity contribution in [2.45, 2.75) is 70.4 Å². The summed E-state index contributed by atoms with van der Waals surface area (Å²) < 4.78 is 0. The van der Waals surface area contributed by atoms with E-state index in [4.69, 9.17) is 5.73 Å². The van der Waals surface area contributed by atoms with Crippen LogP contribution in [-0.4, -0.2) is 30.1 Å². The maximum absolute atomic E-state index is 6.38. The molecule has 3 atom stereocenters. The number of rotatable bonds is 1. The first-order valence-electron chi connectivity index (χ1n) is 7.27. The SMILES string of the molecule is CC1CCCN(C2CCCCCCC2N)C1. The van der Waals surface area contributed by atoms with Crippen LogP contribution in [0.1, 0.15) is 58.3 Å². The minimum absolute atomic E-state index is 0.436. The van der Waals surface area contributed by atoms with E-state index in [-0.39, 0.29) is 0 Å². The zero-order valence-electron chi connectivity index (χ0n) is 10.8. The van der Waals surface area contributed by atoms with Gasteiger partial charge >= 0.3 is 0 Å². The summed E-state index contributed by atoms with van der Waals surface area (Å²) in [7, 11) is 0. The lowest BCUT2D eigenvalue weighted by molar-refractivity contribution is 0.0986. The molecular formula is C14H28N2. The van der Waals surface area contributed by atoms with Crippen LogP contribution in [0.2, 0.25) is 0 Å². The number of nitrogens with zero attached hydrogens (tertiary/aromatic N) is 1. The van der Waals surface area contributed by atoms with Gasteiger partial charge in [-0.15, -0.1) is 0 Å². The summed E-state index contributed by atoms with van der Waals surface area (Å²) in [6.45, 7) is 4.97. The van der Waals surface area contributed by atoms with Gasteiger partial charge in [0.1, 0.15) is 0 Å². The van der Waals surface area contributed by atoms with E-state index in [0.29, 0.717) is 12.1 Å². The molecule has 0 bridgehead atoms. The molecule has 1 saturated carbocycles. The Hall–Kier alpha value is -0.0800. The van der Waals surface area contributed by atoms with Crippen molar-refractivity contribution in [2.24, 2.45) is 11.7 Å². The minimum Gasteiger partial charge on any atom is -0.326 e. The maximum atomic E-state index is 6.38. The molecule has 0 spiro atoms. The van der Waals surface area contributed by atoms with E-state index < -0.39 is 0 Å². The normalized spacial score (nSPS) is 39.0. The molecule has 16 heavy (non-hydrogen) atoms. The highest BCUT2D eigenvalue weighted by Gasteiger charge is 2.28. The lowest BCUT2D eigenvalue weighted by Crippen LogP contribution is -2.51. The maximum Gasteiger partial charge on any atom is 0.0247 e. The number of nitrogens with two attached hydrogens (primary N) is 1. The number of hydrogen-bond acceptors (Lipinski definition) is 2. The van der Waals surface area contributed by atoms with Crippen LogP contribution in [-0.2, 0) is 0 Å². The smallest absolute Gasteiger partial charge is 0.0247 e. The van der Waals surface area contributed by atoms with E-state index in [0.717, 1.165) is 5.92 Å². The summed E-state index contributed by atoms with van der Waals surface area (Å²) in [5.74, 6) is 0.881. The molecule has 2 aliphatic rings. The van der Waals surface area contributed by atoms with Crippen LogP contribution in [0.25, 0.3) is 0 Å². The van der Waals surface area contributed by atoms with Crippen LogP contribution in [0, 0.1) is 5.92 Å². The molecule has 0 aromatic carbocycles. The Balaban J connectivity index is 1.92. The minimum atomic E-state index is 0.436. The molecule has 94 valence electrons. The van der Waals surface area contributed by atoms with E-state index in [2.05, 4.69) is 11.8 Å². The van der Waals surface area contributed by atoms with E-state index in [1.165, 1.54) is 64.5 Å². The second kappa shape index (κ2) is 6.02. The molecule has 0 radical (unpaired) electrons.